The van der Waals surface area contributed by atoms with Crippen LogP contribution in [0.5, 0.6) is 0 Å². The molecule has 0 bridgehead atoms. The first-order chi connectivity index (χ1) is 6.47. The van der Waals surface area contributed by atoms with Gasteiger partial charge in [0.15, 0.2) is 0 Å². The lowest BCUT2D eigenvalue weighted by atomic mass is 9.89. The fourth-order valence-electron chi connectivity index (χ4n) is 1.56. The predicted molar refractivity (Wildman–Crippen MR) is 58.5 cm³/mol. The number of fused-ring (bicyclic) bond motifs is 1. The zero-order valence-corrected chi connectivity index (χ0v) is 9.20. The topological polar surface area (TPSA) is 17.8 Å². The van der Waals surface area contributed by atoms with Crippen LogP contribution in [0.2, 0.25) is 0 Å². The third kappa shape index (κ3) is 1.52. The molecule has 0 saturated carbocycles. The zero-order valence-electron chi connectivity index (χ0n) is 9.20. The standard InChI is InChI=1S/C12H16N2/c1-12(2,3)10-7-9-5-6-14(4)13-11(9)8-10/h5-8H,1-4H3. The van der Waals surface area contributed by atoms with Crippen LogP contribution in [-0.4, -0.2) is 9.78 Å². The summed E-state index contributed by atoms with van der Waals surface area (Å²) < 4.78 is 1.84. The molecule has 0 saturated heterocycles. The van der Waals surface area contributed by atoms with E-state index in [-0.39, 0.29) is 5.41 Å². The van der Waals surface area contributed by atoms with E-state index in [4.69, 9.17) is 0 Å². The van der Waals surface area contributed by atoms with Crippen LogP contribution < -0.4 is 0 Å². The molecule has 1 aliphatic carbocycles. The van der Waals surface area contributed by atoms with Gasteiger partial charge in [-0.15, -0.1) is 0 Å². The highest BCUT2D eigenvalue weighted by atomic mass is 15.2. The maximum absolute atomic E-state index is 4.43. The second-order valence-corrected chi connectivity index (χ2v) is 4.82. The molecule has 2 nitrogen and oxygen atoms in total. The minimum absolute atomic E-state index is 0.208. The van der Waals surface area contributed by atoms with Gasteiger partial charge in [0, 0.05) is 18.8 Å². The van der Waals surface area contributed by atoms with Gasteiger partial charge in [0.25, 0.3) is 0 Å². The number of rotatable bonds is 0. The fourth-order valence-corrected chi connectivity index (χ4v) is 1.56. The molecule has 2 heteroatoms. The Morgan fingerprint density at radius 1 is 1.21 bits per heavy atom. The molecule has 0 N–H and O–H groups in total. The highest BCUT2D eigenvalue weighted by Crippen LogP contribution is 2.31. The van der Waals surface area contributed by atoms with Gasteiger partial charge in [-0.25, -0.2) is 0 Å². The van der Waals surface area contributed by atoms with E-state index in [2.05, 4.69) is 44.1 Å². The first kappa shape index (κ1) is 9.25. The highest BCUT2D eigenvalue weighted by molar-refractivity contribution is 5.64. The summed E-state index contributed by atoms with van der Waals surface area (Å²) in [5.41, 5.74) is 3.87. The van der Waals surface area contributed by atoms with Gasteiger partial charge >= 0.3 is 0 Å². The van der Waals surface area contributed by atoms with E-state index in [0.717, 1.165) is 5.69 Å². The van der Waals surface area contributed by atoms with Crippen LogP contribution in [0.4, 0.5) is 0 Å². The Hall–Kier alpha value is -1.31. The van der Waals surface area contributed by atoms with Gasteiger partial charge < -0.3 is 0 Å². The van der Waals surface area contributed by atoms with Crippen molar-refractivity contribution < 1.29 is 0 Å². The summed E-state index contributed by atoms with van der Waals surface area (Å²) in [6.07, 6.45) is 1.98. The van der Waals surface area contributed by atoms with Crippen molar-refractivity contribution in [2.75, 3.05) is 0 Å². The van der Waals surface area contributed by atoms with Gasteiger partial charge in [0.05, 0.1) is 5.69 Å². The van der Waals surface area contributed by atoms with Gasteiger partial charge in [0.2, 0.25) is 0 Å². The SMILES string of the molecule is Cn1ccc2cc(C(C)(C)C)cc-2n1. The molecule has 2 rings (SSSR count). The molecule has 74 valence electrons. The molecular formula is C12H16N2. The summed E-state index contributed by atoms with van der Waals surface area (Å²) in [7, 11) is 1.95. The summed E-state index contributed by atoms with van der Waals surface area (Å²) in [5.74, 6) is 0. The molecule has 1 aliphatic heterocycles. The lowest BCUT2D eigenvalue weighted by Crippen LogP contribution is -2.08. The molecular weight excluding hydrogens is 172 g/mol. The van der Waals surface area contributed by atoms with Gasteiger partial charge in [-0.05, 0) is 29.2 Å². The molecule has 0 unspecified atom stereocenters. The third-order valence-electron chi connectivity index (χ3n) is 2.50. The van der Waals surface area contributed by atoms with Crippen LogP contribution >= 0.6 is 0 Å². The molecule has 0 aromatic heterocycles. The maximum atomic E-state index is 4.43. The van der Waals surface area contributed by atoms with Crippen molar-refractivity contribution in [3.63, 3.8) is 0 Å². The van der Waals surface area contributed by atoms with Crippen LogP contribution in [0.25, 0.3) is 11.3 Å². The Kier molecular flexibility index (Phi) is 1.88. The predicted octanol–water partition coefficient (Wildman–Crippen LogP) is 2.82. The average Bonchev–Trinajstić information content (AvgIpc) is 2.45. The normalized spacial score (nSPS) is 12.3. The summed E-state index contributed by atoms with van der Waals surface area (Å²) in [5, 5.41) is 4.43. The van der Waals surface area contributed by atoms with Gasteiger partial charge in [-0.3, -0.25) is 4.68 Å². The number of aryl methyl sites for hydroxylation is 1. The molecule has 0 fully saturated rings. The lowest BCUT2D eigenvalue weighted by molar-refractivity contribution is 0.592. The van der Waals surface area contributed by atoms with E-state index in [1.165, 1.54) is 11.1 Å². The number of hydrogen-bond acceptors (Lipinski definition) is 1. The molecule has 0 radical (unpaired) electrons. The van der Waals surface area contributed by atoms with Crippen LogP contribution in [0.1, 0.15) is 26.3 Å². The van der Waals surface area contributed by atoms with Crippen LogP contribution in [-0.2, 0) is 12.5 Å². The quantitative estimate of drug-likeness (QED) is 0.621. The Morgan fingerprint density at radius 3 is 2.57 bits per heavy atom. The van der Waals surface area contributed by atoms with Crippen molar-refractivity contribution in [3.05, 3.63) is 30.0 Å². The Labute approximate surface area is 84.9 Å². The van der Waals surface area contributed by atoms with Gasteiger partial charge in [-0.1, -0.05) is 20.8 Å². The first-order valence-electron chi connectivity index (χ1n) is 4.91. The van der Waals surface area contributed by atoms with Crippen molar-refractivity contribution in [1.82, 2.24) is 9.78 Å². The van der Waals surface area contributed by atoms with E-state index in [0.29, 0.717) is 0 Å². The number of aromatic nitrogens is 2. The summed E-state index contributed by atoms with van der Waals surface area (Å²) in [6, 6.07) is 6.51. The number of nitrogens with zero attached hydrogens (tertiary/aromatic N) is 2. The van der Waals surface area contributed by atoms with Crippen molar-refractivity contribution in [2.24, 2.45) is 7.05 Å². The smallest absolute Gasteiger partial charge is 0.0911 e. The van der Waals surface area contributed by atoms with E-state index < -0.39 is 0 Å². The summed E-state index contributed by atoms with van der Waals surface area (Å²) in [4.78, 5) is 0. The minimum atomic E-state index is 0.208. The minimum Gasteiger partial charge on any atom is -0.275 e. The Bertz CT molecular complexity index is 421. The van der Waals surface area contributed by atoms with Crippen molar-refractivity contribution in [2.45, 2.75) is 26.2 Å². The largest absolute Gasteiger partial charge is 0.275 e. The first-order valence-corrected chi connectivity index (χ1v) is 4.91. The monoisotopic (exact) mass is 188 g/mol. The Morgan fingerprint density at radius 2 is 1.93 bits per heavy atom. The van der Waals surface area contributed by atoms with Gasteiger partial charge in [0.1, 0.15) is 0 Å². The molecule has 14 heavy (non-hydrogen) atoms. The van der Waals surface area contributed by atoms with E-state index in [9.17, 15) is 0 Å². The molecule has 2 aliphatic rings. The molecule has 0 spiro atoms. The van der Waals surface area contributed by atoms with E-state index in [1.807, 2.05) is 17.9 Å². The second-order valence-electron chi connectivity index (χ2n) is 4.82. The highest BCUT2D eigenvalue weighted by Gasteiger charge is 2.18. The van der Waals surface area contributed by atoms with Crippen LogP contribution in [0.15, 0.2) is 24.4 Å². The van der Waals surface area contributed by atoms with Crippen molar-refractivity contribution >= 4 is 0 Å². The average molecular weight is 188 g/mol. The van der Waals surface area contributed by atoms with Gasteiger partial charge in [-0.2, -0.15) is 5.10 Å². The Balaban J connectivity index is 2.58. The van der Waals surface area contributed by atoms with Crippen molar-refractivity contribution in [3.8, 4) is 11.3 Å². The molecule has 0 amide bonds. The zero-order chi connectivity index (χ0) is 10.3. The third-order valence-corrected chi connectivity index (χ3v) is 2.50. The fraction of sp³-hybridized carbons (Fsp3) is 0.417. The van der Waals surface area contributed by atoms with Crippen molar-refractivity contribution in [1.29, 1.82) is 0 Å². The lowest BCUT2D eigenvalue weighted by Gasteiger charge is -2.15. The molecule has 0 atom stereocenters. The molecule has 1 heterocycles. The second kappa shape index (κ2) is 2.84. The van der Waals surface area contributed by atoms with E-state index >= 15 is 0 Å². The molecule has 0 aromatic carbocycles. The van der Waals surface area contributed by atoms with Crippen LogP contribution in [0, 0.1) is 0 Å². The van der Waals surface area contributed by atoms with E-state index in [1.54, 1.807) is 0 Å². The maximum Gasteiger partial charge on any atom is 0.0911 e. The number of hydrogen-bond donors (Lipinski definition) is 0. The summed E-state index contributed by atoms with van der Waals surface area (Å²) in [6.45, 7) is 6.67. The molecule has 0 aromatic rings. The van der Waals surface area contributed by atoms with Crippen LogP contribution in [0.3, 0.4) is 0 Å². The summed E-state index contributed by atoms with van der Waals surface area (Å²) >= 11 is 0.